The molecule has 4 aromatic rings. The number of likely N-dealkylation sites (tertiary alicyclic amines) is 1. The Labute approximate surface area is 283 Å². The van der Waals surface area contributed by atoms with E-state index >= 15 is 0 Å². The number of benzene rings is 3. The van der Waals surface area contributed by atoms with Crippen LogP contribution in [-0.2, 0) is 17.5 Å². The molecule has 0 radical (unpaired) electrons. The first kappa shape index (κ1) is 35.2. The van der Waals surface area contributed by atoms with Crippen molar-refractivity contribution in [1.82, 2.24) is 20.1 Å². The number of carbonyl (C=O) groups is 1. The zero-order valence-corrected chi connectivity index (χ0v) is 26.6. The lowest BCUT2D eigenvalue weighted by molar-refractivity contribution is -0.384. The Morgan fingerprint density at radius 2 is 1.64 bits per heavy atom. The van der Waals surface area contributed by atoms with Gasteiger partial charge < -0.3 is 10.1 Å². The van der Waals surface area contributed by atoms with Gasteiger partial charge in [-0.1, -0.05) is 42.5 Å². The average Bonchev–Trinajstić information content (AvgIpc) is 3.10. The summed E-state index contributed by atoms with van der Waals surface area (Å²) in [6, 6.07) is 12.3. The van der Waals surface area contributed by atoms with E-state index in [2.05, 4.69) is 15.2 Å². The van der Waals surface area contributed by atoms with Crippen LogP contribution in [0.5, 0.6) is 0 Å². The molecule has 2 fully saturated rings. The predicted octanol–water partition coefficient (Wildman–Crippen LogP) is 7.16. The number of fused-ring (bicyclic) bond motifs is 1. The van der Waals surface area contributed by atoms with E-state index in [4.69, 9.17) is 4.74 Å². The highest BCUT2D eigenvalue weighted by molar-refractivity contribution is 6.09. The number of nitro benzene ring substituents is 1. The molecule has 1 N–H and O–H groups in total. The molecule has 0 bridgehead atoms. The van der Waals surface area contributed by atoms with Gasteiger partial charge in [0.2, 0.25) is 0 Å². The number of nitrogens with one attached hydrogen (secondary N) is 1. The monoisotopic (exact) mass is 701 g/mol. The van der Waals surface area contributed by atoms with Gasteiger partial charge in [-0.2, -0.15) is 26.3 Å². The lowest BCUT2D eigenvalue weighted by Crippen LogP contribution is -2.48. The van der Waals surface area contributed by atoms with Gasteiger partial charge in [-0.25, -0.2) is 4.98 Å². The average molecular weight is 702 g/mol. The maximum Gasteiger partial charge on any atom is 0.416 e. The van der Waals surface area contributed by atoms with Gasteiger partial charge in [-0.3, -0.25) is 24.7 Å². The van der Waals surface area contributed by atoms with Crippen LogP contribution < -0.4 is 5.32 Å². The van der Waals surface area contributed by atoms with Crippen LogP contribution in [0.4, 0.5) is 32.0 Å². The van der Waals surface area contributed by atoms with Crippen molar-refractivity contribution in [2.45, 2.75) is 43.8 Å². The number of hydrogen-bond acceptors (Lipinski definition) is 7. The molecule has 2 aliphatic heterocycles. The number of ether oxygens (including phenoxy) is 1. The molecule has 264 valence electrons. The molecule has 0 spiro atoms. The minimum atomic E-state index is -4.93. The number of nitro groups is 1. The summed E-state index contributed by atoms with van der Waals surface area (Å²) < 4.78 is 90.5. The lowest BCUT2D eigenvalue weighted by atomic mass is 9.93. The van der Waals surface area contributed by atoms with Crippen LogP contribution in [0.1, 0.15) is 45.9 Å². The van der Waals surface area contributed by atoms with E-state index in [-0.39, 0.29) is 51.4 Å². The highest BCUT2D eigenvalue weighted by atomic mass is 19.4. The Hall–Kier alpha value is -4.60. The molecule has 1 aromatic heterocycles. The summed E-state index contributed by atoms with van der Waals surface area (Å²) in [6.45, 7) is 3.79. The first-order valence-corrected chi connectivity index (χ1v) is 16.0. The second kappa shape index (κ2) is 14.3. The van der Waals surface area contributed by atoms with Crippen molar-refractivity contribution in [3.05, 3.63) is 105 Å². The fourth-order valence-electron chi connectivity index (χ4n) is 6.71. The number of hydrogen-bond donors (Lipinski definition) is 1. The quantitative estimate of drug-likeness (QED) is 0.118. The summed E-state index contributed by atoms with van der Waals surface area (Å²) >= 11 is 0. The summed E-state index contributed by atoms with van der Waals surface area (Å²) in [5.41, 5.74) is -1.99. The molecule has 50 heavy (non-hydrogen) atoms. The van der Waals surface area contributed by atoms with Crippen molar-refractivity contribution in [3.63, 3.8) is 0 Å². The third-order valence-corrected chi connectivity index (χ3v) is 9.21. The van der Waals surface area contributed by atoms with Crippen molar-refractivity contribution in [3.8, 4) is 11.3 Å². The zero-order chi connectivity index (χ0) is 35.6. The van der Waals surface area contributed by atoms with Crippen molar-refractivity contribution < 1.29 is 40.8 Å². The number of amides is 1. The Bertz CT molecular complexity index is 1860. The molecule has 0 saturated carbocycles. The zero-order valence-electron chi connectivity index (χ0n) is 26.6. The Morgan fingerprint density at radius 3 is 2.28 bits per heavy atom. The summed E-state index contributed by atoms with van der Waals surface area (Å²) in [4.78, 5) is 34.3. The fourth-order valence-corrected chi connectivity index (χ4v) is 6.71. The number of aromatic nitrogens is 1. The van der Waals surface area contributed by atoms with Gasteiger partial charge >= 0.3 is 12.4 Å². The number of rotatable bonds is 8. The third kappa shape index (κ3) is 7.74. The van der Waals surface area contributed by atoms with Crippen LogP contribution in [-0.4, -0.2) is 77.2 Å². The summed E-state index contributed by atoms with van der Waals surface area (Å²) in [5.74, 6) is -1.20. The molecule has 15 heteroatoms. The molecule has 3 aromatic carbocycles. The molecule has 1 amide bonds. The van der Waals surface area contributed by atoms with Gasteiger partial charge in [0.25, 0.3) is 11.6 Å². The maximum atomic E-state index is 14.5. The van der Waals surface area contributed by atoms with Crippen molar-refractivity contribution >= 4 is 22.5 Å². The Kier molecular flexibility index (Phi) is 10.1. The van der Waals surface area contributed by atoms with Crippen LogP contribution in [0.15, 0.2) is 72.8 Å². The van der Waals surface area contributed by atoms with E-state index in [1.807, 2.05) is 4.90 Å². The van der Waals surface area contributed by atoms with E-state index in [0.717, 1.165) is 50.2 Å². The number of non-ortho nitro benzene ring substituents is 1. The molecule has 1 atom stereocenters. The SMILES string of the molecule is O=C(N[C@H](c1ccccc1)C(F)(F)F)c1c(CN2CCC(N3CCOCC3)CC2)c(-c2cccc(C(F)(F)F)c2)nc2ccc([N+](=O)[O-])cc12. The van der Waals surface area contributed by atoms with Crippen LogP contribution in [0, 0.1) is 10.1 Å². The number of carbonyl (C=O) groups excluding carboxylic acids is 1. The van der Waals surface area contributed by atoms with E-state index in [1.165, 1.54) is 48.5 Å². The van der Waals surface area contributed by atoms with Crippen LogP contribution in [0.25, 0.3) is 22.2 Å². The van der Waals surface area contributed by atoms with E-state index in [1.54, 1.807) is 0 Å². The minimum Gasteiger partial charge on any atom is -0.379 e. The van der Waals surface area contributed by atoms with Gasteiger partial charge in [-0.15, -0.1) is 0 Å². The number of piperidine rings is 1. The van der Waals surface area contributed by atoms with Gasteiger partial charge in [0.1, 0.15) is 0 Å². The minimum absolute atomic E-state index is 0.00814. The van der Waals surface area contributed by atoms with E-state index < -0.39 is 40.5 Å². The highest BCUT2D eigenvalue weighted by Gasteiger charge is 2.43. The van der Waals surface area contributed by atoms with Gasteiger partial charge in [0, 0.05) is 54.3 Å². The molecule has 2 aliphatic rings. The Morgan fingerprint density at radius 1 is 0.940 bits per heavy atom. The van der Waals surface area contributed by atoms with Crippen LogP contribution >= 0.6 is 0 Å². The number of morpholine rings is 1. The third-order valence-electron chi connectivity index (χ3n) is 9.21. The van der Waals surface area contributed by atoms with Gasteiger partial charge in [0.15, 0.2) is 6.04 Å². The fraction of sp³-hybridized carbons (Fsp3) is 0.371. The predicted molar refractivity (Wildman–Crippen MR) is 172 cm³/mol. The number of alkyl halides is 6. The smallest absolute Gasteiger partial charge is 0.379 e. The normalized spacial score (nSPS) is 17.5. The first-order chi connectivity index (χ1) is 23.8. The molecular weight excluding hydrogens is 668 g/mol. The molecule has 3 heterocycles. The van der Waals surface area contributed by atoms with Crippen molar-refractivity contribution in [1.29, 1.82) is 0 Å². The van der Waals surface area contributed by atoms with Crippen LogP contribution in [0.2, 0.25) is 0 Å². The molecule has 0 aliphatic carbocycles. The molecular formula is C35H33F6N5O4. The van der Waals surface area contributed by atoms with Crippen LogP contribution in [0.3, 0.4) is 0 Å². The molecule has 6 rings (SSSR count). The Balaban J connectivity index is 1.50. The second-order valence-corrected chi connectivity index (χ2v) is 12.4. The number of halogens is 6. The molecule has 0 unspecified atom stereocenters. The second-order valence-electron chi connectivity index (χ2n) is 12.4. The van der Waals surface area contributed by atoms with Crippen molar-refractivity contribution in [2.75, 3.05) is 39.4 Å². The largest absolute Gasteiger partial charge is 0.416 e. The summed E-state index contributed by atoms with van der Waals surface area (Å²) in [6.07, 6.45) is -8.18. The highest BCUT2D eigenvalue weighted by Crippen LogP contribution is 2.38. The molecule has 9 nitrogen and oxygen atoms in total. The first-order valence-electron chi connectivity index (χ1n) is 16.0. The number of pyridine rings is 1. The summed E-state index contributed by atoms with van der Waals surface area (Å²) in [7, 11) is 0. The standard InChI is InChI=1S/C35H33F6N5O4/c36-34(37,38)24-8-4-7-23(19-24)31-28(21-44-13-11-25(12-14-44)45-15-17-50-18-16-45)30(27-20-26(46(48)49)9-10-29(27)42-31)33(47)43-32(35(39,40)41)22-5-2-1-3-6-22/h1-10,19-20,25,32H,11-18,21H2,(H,43,47)/t32-/m1/s1. The molecule has 2 saturated heterocycles. The number of nitrogens with zero attached hydrogens (tertiary/aromatic N) is 4. The van der Waals surface area contributed by atoms with Crippen molar-refractivity contribution in [2.24, 2.45) is 0 Å². The van der Waals surface area contributed by atoms with Gasteiger partial charge in [0.05, 0.1) is 40.5 Å². The van der Waals surface area contributed by atoms with E-state index in [9.17, 15) is 41.3 Å². The lowest BCUT2D eigenvalue weighted by Gasteiger charge is -2.40. The van der Waals surface area contributed by atoms with E-state index in [0.29, 0.717) is 26.3 Å². The summed E-state index contributed by atoms with van der Waals surface area (Å²) in [5, 5.41) is 13.8. The topological polar surface area (TPSA) is 101 Å². The maximum absolute atomic E-state index is 14.5. The van der Waals surface area contributed by atoms with Gasteiger partial charge in [-0.05, 0) is 49.7 Å².